The molecule has 1 saturated carbocycles. The van der Waals surface area contributed by atoms with Gasteiger partial charge >= 0.3 is 0 Å². The van der Waals surface area contributed by atoms with E-state index in [0.717, 1.165) is 42.0 Å². The third kappa shape index (κ3) is 2.70. The van der Waals surface area contributed by atoms with Crippen LogP contribution in [0.1, 0.15) is 36.8 Å². The van der Waals surface area contributed by atoms with Crippen LogP contribution in [-0.4, -0.2) is 23.2 Å². The van der Waals surface area contributed by atoms with Crippen molar-refractivity contribution in [2.45, 2.75) is 38.0 Å². The minimum absolute atomic E-state index is 0.0174. The molecule has 1 amide bonds. The number of nitrogens with zero attached hydrogens (tertiary/aromatic N) is 2. The quantitative estimate of drug-likeness (QED) is 0.889. The second-order valence-corrected chi connectivity index (χ2v) is 6.55. The topological polar surface area (TPSA) is 64.1 Å². The Balaban J connectivity index is 1.79. The van der Waals surface area contributed by atoms with E-state index in [1.54, 1.807) is 7.11 Å². The highest BCUT2D eigenvalue weighted by Gasteiger charge is 2.53. The van der Waals surface area contributed by atoms with Crippen molar-refractivity contribution >= 4 is 22.4 Å². The number of hydrogen-bond acceptors (Lipinski definition) is 5. The molecule has 22 heavy (non-hydrogen) atoms. The smallest absolute Gasteiger partial charge is 0.236 e. The minimum atomic E-state index is -0.483. The first-order chi connectivity index (χ1) is 10.7. The summed E-state index contributed by atoms with van der Waals surface area (Å²) in [5.41, 5.74) is 0.469. The van der Waals surface area contributed by atoms with E-state index in [-0.39, 0.29) is 5.91 Å². The molecule has 0 radical (unpaired) electrons. The molecule has 1 aromatic carbocycles. The number of amides is 1. The zero-order valence-corrected chi connectivity index (χ0v) is 13.6. The molecule has 1 aliphatic rings. The molecule has 116 valence electrons. The number of anilines is 1. The summed E-state index contributed by atoms with van der Waals surface area (Å²) in [4.78, 5) is 12.7. The third-order valence-corrected chi connectivity index (χ3v) is 4.86. The molecule has 0 unspecified atom stereocenters. The van der Waals surface area contributed by atoms with Crippen LogP contribution in [0.15, 0.2) is 24.3 Å². The standard InChI is InChI=1S/C16H19N3O2S/c1-3-6-13-18-19-15(22-13)17-14(20)16(9-10-16)11-7-4-5-8-12(11)21-2/h4-5,7-8H,3,6,9-10H2,1-2H3,(H,17,19,20). The van der Waals surface area contributed by atoms with Gasteiger partial charge in [-0.3, -0.25) is 10.1 Å². The van der Waals surface area contributed by atoms with E-state index in [4.69, 9.17) is 4.74 Å². The van der Waals surface area contributed by atoms with Gasteiger partial charge in [-0.1, -0.05) is 36.5 Å². The highest BCUT2D eigenvalue weighted by atomic mass is 32.1. The van der Waals surface area contributed by atoms with E-state index in [1.165, 1.54) is 11.3 Å². The summed E-state index contributed by atoms with van der Waals surface area (Å²) in [6.07, 6.45) is 3.58. The first-order valence-corrected chi connectivity index (χ1v) is 8.28. The molecule has 1 N–H and O–H groups in total. The monoisotopic (exact) mass is 317 g/mol. The summed E-state index contributed by atoms with van der Waals surface area (Å²) in [5.74, 6) is 0.746. The van der Waals surface area contributed by atoms with Gasteiger partial charge in [-0.15, -0.1) is 10.2 Å². The summed E-state index contributed by atoms with van der Waals surface area (Å²) < 4.78 is 5.40. The number of aryl methyl sites for hydroxylation is 1. The van der Waals surface area contributed by atoms with Crippen LogP contribution in [0.2, 0.25) is 0 Å². The van der Waals surface area contributed by atoms with Crippen LogP contribution in [0, 0.1) is 0 Å². The number of ether oxygens (including phenoxy) is 1. The van der Waals surface area contributed by atoms with Crippen molar-refractivity contribution in [3.05, 3.63) is 34.8 Å². The molecule has 1 heterocycles. The molecular weight excluding hydrogens is 298 g/mol. The van der Waals surface area contributed by atoms with Crippen molar-refractivity contribution < 1.29 is 9.53 Å². The van der Waals surface area contributed by atoms with Crippen LogP contribution in [0.3, 0.4) is 0 Å². The van der Waals surface area contributed by atoms with Gasteiger partial charge < -0.3 is 4.74 Å². The van der Waals surface area contributed by atoms with E-state index in [0.29, 0.717) is 5.13 Å². The van der Waals surface area contributed by atoms with Gasteiger partial charge in [0.25, 0.3) is 0 Å². The lowest BCUT2D eigenvalue weighted by molar-refractivity contribution is -0.118. The number of carbonyl (C=O) groups is 1. The van der Waals surface area contributed by atoms with Crippen LogP contribution >= 0.6 is 11.3 Å². The Labute approximate surface area is 133 Å². The largest absolute Gasteiger partial charge is 0.496 e. The molecule has 1 aromatic heterocycles. The fraction of sp³-hybridized carbons (Fsp3) is 0.438. The van der Waals surface area contributed by atoms with E-state index in [1.807, 2.05) is 24.3 Å². The summed E-state index contributed by atoms with van der Waals surface area (Å²) in [7, 11) is 1.63. The maximum atomic E-state index is 12.7. The Kier molecular flexibility index (Phi) is 4.11. The first-order valence-electron chi connectivity index (χ1n) is 7.47. The molecular formula is C16H19N3O2S. The lowest BCUT2D eigenvalue weighted by atomic mass is 9.94. The van der Waals surface area contributed by atoms with Crippen LogP contribution in [0.25, 0.3) is 0 Å². The first kappa shape index (κ1) is 15.0. The number of rotatable bonds is 6. The molecule has 0 spiro atoms. The maximum absolute atomic E-state index is 12.7. The number of carbonyl (C=O) groups excluding carboxylic acids is 1. The molecule has 2 aromatic rings. The zero-order valence-electron chi connectivity index (χ0n) is 12.8. The van der Waals surface area contributed by atoms with Gasteiger partial charge in [-0.05, 0) is 25.3 Å². The van der Waals surface area contributed by atoms with Crippen molar-refractivity contribution in [2.24, 2.45) is 0 Å². The predicted molar refractivity (Wildman–Crippen MR) is 86.4 cm³/mol. The van der Waals surface area contributed by atoms with Crippen molar-refractivity contribution in [3.8, 4) is 5.75 Å². The molecule has 0 bridgehead atoms. The predicted octanol–water partition coefficient (Wildman–Crippen LogP) is 3.17. The average molecular weight is 317 g/mol. The number of benzene rings is 1. The number of nitrogens with one attached hydrogen (secondary N) is 1. The summed E-state index contributed by atoms with van der Waals surface area (Å²) in [6, 6.07) is 7.72. The Morgan fingerprint density at radius 3 is 2.82 bits per heavy atom. The highest BCUT2D eigenvalue weighted by Crippen LogP contribution is 2.52. The van der Waals surface area contributed by atoms with Crippen LogP contribution in [0.4, 0.5) is 5.13 Å². The molecule has 3 rings (SSSR count). The van der Waals surface area contributed by atoms with Gasteiger partial charge in [0.1, 0.15) is 10.8 Å². The van der Waals surface area contributed by atoms with E-state index < -0.39 is 5.41 Å². The number of para-hydroxylation sites is 1. The summed E-state index contributed by atoms with van der Waals surface area (Å²) in [5, 5.41) is 12.6. The molecule has 0 atom stereocenters. The SMILES string of the molecule is CCCc1nnc(NC(=O)C2(c3ccccc3OC)CC2)s1. The summed E-state index contributed by atoms with van der Waals surface area (Å²) >= 11 is 1.45. The molecule has 1 aliphatic carbocycles. The zero-order chi connectivity index (χ0) is 15.6. The highest BCUT2D eigenvalue weighted by molar-refractivity contribution is 7.15. The molecule has 5 nitrogen and oxygen atoms in total. The fourth-order valence-corrected chi connectivity index (χ4v) is 3.46. The van der Waals surface area contributed by atoms with Crippen molar-refractivity contribution in [2.75, 3.05) is 12.4 Å². The van der Waals surface area contributed by atoms with Gasteiger partial charge in [0.15, 0.2) is 0 Å². The van der Waals surface area contributed by atoms with Gasteiger partial charge in [0.05, 0.1) is 12.5 Å². The Morgan fingerprint density at radius 2 is 2.14 bits per heavy atom. The van der Waals surface area contributed by atoms with Crippen molar-refractivity contribution in [3.63, 3.8) is 0 Å². The van der Waals surface area contributed by atoms with Gasteiger partial charge in [0.2, 0.25) is 11.0 Å². The molecule has 6 heteroatoms. The second kappa shape index (κ2) is 6.04. The van der Waals surface area contributed by atoms with Crippen LogP contribution in [0.5, 0.6) is 5.75 Å². The molecule has 0 saturated heterocycles. The minimum Gasteiger partial charge on any atom is -0.496 e. The fourth-order valence-electron chi connectivity index (χ4n) is 2.62. The van der Waals surface area contributed by atoms with Crippen LogP contribution < -0.4 is 10.1 Å². The van der Waals surface area contributed by atoms with Gasteiger partial charge in [0, 0.05) is 12.0 Å². The number of aromatic nitrogens is 2. The Morgan fingerprint density at radius 1 is 1.36 bits per heavy atom. The third-order valence-electron chi connectivity index (χ3n) is 3.96. The van der Waals surface area contributed by atoms with Crippen LogP contribution in [-0.2, 0) is 16.6 Å². The lowest BCUT2D eigenvalue weighted by Crippen LogP contribution is -2.28. The van der Waals surface area contributed by atoms with Crippen molar-refractivity contribution in [1.82, 2.24) is 10.2 Å². The van der Waals surface area contributed by atoms with E-state index >= 15 is 0 Å². The van der Waals surface area contributed by atoms with Crippen molar-refractivity contribution in [1.29, 1.82) is 0 Å². The molecule has 0 aliphatic heterocycles. The second-order valence-electron chi connectivity index (χ2n) is 5.49. The Bertz CT molecular complexity index is 680. The average Bonchev–Trinajstić information content (AvgIpc) is 3.24. The maximum Gasteiger partial charge on any atom is 0.236 e. The normalized spacial score (nSPS) is 15.4. The lowest BCUT2D eigenvalue weighted by Gasteiger charge is -2.17. The number of hydrogen-bond donors (Lipinski definition) is 1. The van der Waals surface area contributed by atoms with Gasteiger partial charge in [-0.2, -0.15) is 0 Å². The summed E-state index contributed by atoms with van der Waals surface area (Å²) in [6.45, 7) is 2.10. The molecule has 1 fully saturated rings. The van der Waals surface area contributed by atoms with E-state index in [9.17, 15) is 4.79 Å². The Hall–Kier alpha value is -1.95. The van der Waals surface area contributed by atoms with Gasteiger partial charge in [-0.25, -0.2) is 0 Å². The van der Waals surface area contributed by atoms with E-state index in [2.05, 4.69) is 22.4 Å². The number of methoxy groups -OCH3 is 1.